The summed E-state index contributed by atoms with van der Waals surface area (Å²) in [7, 11) is 0. The highest BCUT2D eigenvalue weighted by Crippen LogP contribution is 2.43. The summed E-state index contributed by atoms with van der Waals surface area (Å²) in [5.41, 5.74) is 0.563. The third kappa shape index (κ3) is 4.32. The molecule has 0 aromatic carbocycles. The van der Waals surface area contributed by atoms with Crippen molar-refractivity contribution in [3.8, 4) is 0 Å². The van der Waals surface area contributed by atoms with E-state index in [-0.39, 0.29) is 11.2 Å². The summed E-state index contributed by atoms with van der Waals surface area (Å²) < 4.78 is 13.2. The second-order valence-corrected chi connectivity index (χ2v) is 9.01. The number of aromatic nitrogens is 1. The van der Waals surface area contributed by atoms with Crippen molar-refractivity contribution in [1.29, 1.82) is 0 Å². The highest BCUT2D eigenvalue weighted by Gasteiger charge is 2.47. The molecule has 0 spiro atoms. The Morgan fingerprint density at radius 1 is 1.26 bits per heavy atom. The molecule has 0 bridgehead atoms. The van der Waals surface area contributed by atoms with Crippen LogP contribution in [0.25, 0.3) is 0 Å². The Morgan fingerprint density at radius 2 is 2.00 bits per heavy atom. The molecule has 0 atom stereocenters. The van der Waals surface area contributed by atoms with Crippen LogP contribution in [0.2, 0.25) is 0 Å². The van der Waals surface area contributed by atoms with Gasteiger partial charge >= 0.3 is 5.97 Å². The summed E-state index contributed by atoms with van der Waals surface area (Å²) in [5, 5.41) is 13.3. The predicted octanol–water partition coefficient (Wildman–Crippen LogP) is 2.85. The van der Waals surface area contributed by atoms with E-state index in [1.165, 1.54) is 25.1 Å². The normalized spacial score (nSPS) is 24.3. The number of nitrogens with one attached hydrogen (secondary N) is 1. The number of carboxylic acid groups (broad SMARTS) is 1. The van der Waals surface area contributed by atoms with Crippen LogP contribution in [0.15, 0.2) is 18.3 Å². The maximum Gasteiger partial charge on any atom is 0.310 e. The lowest BCUT2D eigenvalue weighted by atomic mass is 9.67. The first-order chi connectivity index (χ1) is 13.0. The van der Waals surface area contributed by atoms with E-state index in [0.717, 1.165) is 63.9 Å². The fourth-order valence-electron chi connectivity index (χ4n) is 4.62. The van der Waals surface area contributed by atoms with Crippen LogP contribution in [0.4, 0.5) is 4.39 Å². The Hall–Kier alpha value is -1.53. The molecule has 148 valence electrons. The molecule has 0 radical (unpaired) electrons. The first-order valence-corrected chi connectivity index (χ1v) is 10.3. The van der Waals surface area contributed by atoms with E-state index in [2.05, 4.69) is 15.2 Å². The highest BCUT2D eigenvalue weighted by molar-refractivity contribution is 5.76. The van der Waals surface area contributed by atoms with Crippen molar-refractivity contribution < 1.29 is 14.3 Å². The number of hydrogen-bond donors (Lipinski definition) is 2. The number of rotatable bonds is 8. The second kappa shape index (κ2) is 7.47. The Balaban J connectivity index is 1.39. The van der Waals surface area contributed by atoms with Gasteiger partial charge in [-0.05, 0) is 75.6 Å². The zero-order valence-electron chi connectivity index (χ0n) is 15.9. The summed E-state index contributed by atoms with van der Waals surface area (Å²) in [4.78, 5) is 18.3. The quantitative estimate of drug-likeness (QED) is 0.731. The molecule has 6 heteroatoms. The number of nitrogens with zero attached hydrogens (tertiary/aromatic N) is 2. The van der Waals surface area contributed by atoms with Crippen LogP contribution in [-0.2, 0) is 11.2 Å². The van der Waals surface area contributed by atoms with Crippen molar-refractivity contribution in [3.63, 3.8) is 0 Å². The molecule has 1 saturated heterocycles. The number of likely N-dealkylation sites (tertiary alicyclic amines) is 1. The summed E-state index contributed by atoms with van der Waals surface area (Å²) in [5.74, 6) is -0.922. The monoisotopic (exact) mass is 375 g/mol. The van der Waals surface area contributed by atoms with Gasteiger partial charge in [-0.2, -0.15) is 0 Å². The van der Waals surface area contributed by atoms with Crippen molar-refractivity contribution in [2.24, 2.45) is 10.8 Å². The van der Waals surface area contributed by atoms with Crippen LogP contribution in [0, 0.1) is 16.6 Å². The van der Waals surface area contributed by atoms with Crippen molar-refractivity contribution in [1.82, 2.24) is 15.2 Å². The molecule has 1 aromatic rings. The minimum absolute atomic E-state index is 0.125. The van der Waals surface area contributed by atoms with Gasteiger partial charge in [0, 0.05) is 24.8 Å². The van der Waals surface area contributed by atoms with Gasteiger partial charge in [0.05, 0.1) is 11.6 Å². The zero-order chi connectivity index (χ0) is 18.9. The van der Waals surface area contributed by atoms with Crippen molar-refractivity contribution in [2.45, 2.75) is 57.4 Å². The van der Waals surface area contributed by atoms with Gasteiger partial charge in [-0.3, -0.25) is 9.78 Å². The third-order valence-corrected chi connectivity index (χ3v) is 6.90. The number of pyridine rings is 1. The predicted molar refractivity (Wildman–Crippen MR) is 101 cm³/mol. The van der Waals surface area contributed by atoms with Crippen LogP contribution >= 0.6 is 0 Å². The van der Waals surface area contributed by atoms with E-state index in [1.54, 1.807) is 6.07 Å². The molecule has 1 aromatic heterocycles. The SMILES string of the molecule is O=C(O)C1(CN2CCC(CNC3CC3)(Cc3ccc(F)cn3)CC2)CCC1. The van der Waals surface area contributed by atoms with Crippen LogP contribution in [0.3, 0.4) is 0 Å². The Bertz CT molecular complexity index is 663. The molecule has 1 aliphatic heterocycles. The average Bonchev–Trinajstić information content (AvgIpc) is 3.44. The molecule has 27 heavy (non-hydrogen) atoms. The van der Waals surface area contributed by atoms with E-state index >= 15 is 0 Å². The number of carboxylic acids is 1. The van der Waals surface area contributed by atoms with Crippen LogP contribution in [-0.4, -0.2) is 53.2 Å². The van der Waals surface area contributed by atoms with Crippen LogP contribution in [0.5, 0.6) is 0 Å². The second-order valence-electron chi connectivity index (χ2n) is 9.01. The molecule has 5 nitrogen and oxygen atoms in total. The lowest BCUT2D eigenvalue weighted by molar-refractivity contribution is -0.156. The summed E-state index contributed by atoms with van der Waals surface area (Å²) in [6.07, 6.45) is 9.40. The first kappa shape index (κ1) is 18.8. The Morgan fingerprint density at radius 3 is 2.52 bits per heavy atom. The standard InChI is InChI=1S/C21H30FN3O2/c22-16-2-3-18(23-13-16)12-20(14-24-17-4-5-17)8-10-25(11-9-20)15-21(19(26)27)6-1-7-21/h2-3,13,17,24H,1,4-12,14-15H2,(H,26,27). The fourth-order valence-corrected chi connectivity index (χ4v) is 4.62. The van der Waals surface area contributed by atoms with E-state index in [0.29, 0.717) is 12.6 Å². The highest BCUT2D eigenvalue weighted by atomic mass is 19.1. The molecule has 2 aliphatic carbocycles. The maximum atomic E-state index is 13.2. The first-order valence-electron chi connectivity index (χ1n) is 10.3. The largest absolute Gasteiger partial charge is 0.481 e. The van der Waals surface area contributed by atoms with E-state index in [1.807, 2.05) is 0 Å². The van der Waals surface area contributed by atoms with Crippen molar-refractivity contribution >= 4 is 5.97 Å². The number of carbonyl (C=O) groups is 1. The van der Waals surface area contributed by atoms with Crippen LogP contribution in [0.1, 0.15) is 50.6 Å². The molecule has 4 rings (SSSR count). The van der Waals surface area contributed by atoms with E-state index in [4.69, 9.17) is 0 Å². The summed E-state index contributed by atoms with van der Waals surface area (Å²) in [6, 6.07) is 3.95. The van der Waals surface area contributed by atoms with Gasteiger partial charge in [-0.15, -0.1) is 0 Å². The molecule has 2 N–H and O–H groups in total. The summed E-state index contributed by atoms with van der Waals surface area (Å²) in [6.45, 7) is 3.52. The van der Waals surface area contributed by atoms with E-state index < -0.39 is 11.4 Å². The average molecular weight is 375 g/mol. The molecular weight excluding hydrogens is 345 g/mol. The molecule has 3 aliphatic rings. The van der Waals surface area contributed by atoms with Crippen molar-refractivity contribution in [3.05, 3.63) is 29.8 Å². The molecule has 3 fully saturated rings. The van der Waals surface area contributed by atoms with Gasteiger partial charge < -0.3 is 15.3 Å². The topological polar surface area (TPSA) is 65.5 Å². The minimum Gasteiger partial charge on any atom is -0.481 e. The van der Waals surface area contributed by atoms with Crippen molar-refractivity contribution in [2.75, 3.05) is 26.2 Å². The Kier molecular flexibility index (Phi) is 5.21. The fraction of sp³-hybridized carbons (Fsp3) is 0.714. The number of hydrogen-bond acceptors (Lipinski definition) is 4. The minimum atomic E-state index is -0.628. The smallest absolute Gasteiger partial charge is 0.310 e. The third-order valence-electron chi connectivity index (χ3n) is 6.90. The molecule has 0 amide bonds. The Labute approximate surface area is 160 Å². The molecular formula is C21H30FN3O2. The summed E-state index contributed by atoms with van der Waals surface area (Å²) >= 11 is 0. The maximum absolute atomic E-state index is 13.2. The van der Waals surface area contributed by atoms with E-state index in [9.17, 15) is 14.3 Å². The lowest BCUT2D eigenvalue weighted by Gasteiger charge is -2.47. The van der Waals surface area contributed by atoms with Gasteiger partial charge in [0.2, 0.25) is 0 Å². The molecule has 2 saturated carbocycles. The van der Waals surface area contributed by atoms with Gasteiger partial charge in [0.25, 0.3) is 0 Å². The van der Waals surface area contributed by atoms with Gasteiger partial charge in [-0.25, -0.2) is 4.39 Å². The number of aliphatic carboxylic acids is 1. The van der Waals surface area contributed by atoms with Gasteiger partial charge in [0.15, 0.2) is 0 Å². The molecule has 0 unspecified atom stereocenters. The van der Waals surface area contributed by atoms with Gasteiger partial charge in [0.1, 0.15) is 5.82 Å². The van der Waals surface area contributed by atoms with Crippen LogP contribution < -0.4 is 5.32 Å². The number of halogens is 1. The van der Waals surface area contributed by atoms with Gasteiger partial charge in [-0.1, -0.05) is 6.42 Å². The number of piperidine rings is 1. The zero-order valence-corrected chi connectivity index (χ0v) is 15.9. The lowest BCUT2D eigenvalue weighted by Crippen LogP contribution is -2.52. The molecule has 2 heterocycles.